The first-order valence-corrected chi connectivity index (χ1v) is 8.01. The van der Waals surface area contributed by atoms with E-state index in [1.807, 2.05) is 0 Å². The van der Waals surface area contributed by atoms with Gasteiger partial charge in [-0.3, -0.25) is 14.5 Å². The van der Waals surface area contributed by atoms with Crippen LogP contribution in [0, 0.1) is 0 Å². The third-order valence-electron chi connectivity index (χ3n) is 4.03. The number of aliphatic carboxylic acids is 1. The minimum atomic E-state index is -0.898. The number of nitrogens with one attached hydrogen (secondary N) is 1. The molecular weight excluding hydrogens is 352 g/mol. The Bertz CT molecular complexity index is 657. The highest BCUT2D eigenvalue weighted by molar-refractivity contribution is 6.33. The van der Waals surface area contributed by atoms with Gasteiger partial charge in [0.15, 0.2) is 0 Å². The van der Waals surface area contributed by atoms with Gasteiger partial charge in [-0.15, -0.1) is 0 Å². The quantitative estimate of drug-likeness (QED) is 0.647. The lowest BCUT2D eigenvalue weighted by molar-refractivity contribution is -0.139. The summed E-state index contributed by atoms with van der Waals surface area (Å²) in [6.45, 7) is 0.881. The van der Waals surface area contributed by atoms with Crippen molar-refractivity contribution in [1.82, 2.24) is 15.2 Å². The first-order chi connectivity index (χ1) is 11.8. The van der Waals surface area contributed by atoms with Gasteiger partial charge in [-0.1, -0.05) is 11.6 Å². The molecule has 1 aromatic heterocycles. The number of piperidine rings is 1. The number of hydrogen-bond donors (Lipinski definition) is 3. The topological polar surface area (TPSA) is 127 Å². The second-order valence-electron chi connectivity index (χ2n) is 5.68. The van der Waals surface area contributed by atoms with E-state index in [0.717, 1.165) is 0 Å². The third kappa shape index (κ3) is 4.71. The van der Waals surface area contributed by atoms with E-state index in [2.05, 4.69) is 10.3 Å². The molecule has 9 nitrogen and oxygen atoms in total. The molecule has 1 fully saturated rings. The van der Waals surface area contributed by atoms with Crippen LogP contribution in [0.5, 0.6) is 5.88 Å². The Kier molecular flexibility index (Phi) is 6.40. The molecule has 2 heterocycles. The number of aromatic nitrogens is 1. The average molecular weight is 373 g/mol. The molecule has 0 radical (unpaired) electrons. The Hall–Kier alpha value is -2.10. The van der Waals surface area contributed by atoms with Crippen molar-refractivity contribution in [2.45, 2.75) is 18.6 Å². The van der Waals surface area contributed by atoms with Crippen molar-refractivity contribution >= 4 is 29.3 Å². The molecule has 25 heavy (non-hydrogen) atoms. The fourth-order valence-corrected chi connectivity index (χ4v) is 2.92. The normalized spacial score (nSPS) is 20.9. The van der Waals surface area contributed by atoms with Gasteiger partial charge in [0.05, 0.1) is 30.8 Å². The monoisotopic (exact) mass is 372 g/mol. The van der Waals surface area contributed by atoms with Gasteiger partial charge in [0, 0.05) is 20.2 Å². The Morgan fingerprint density at radius 3 is 2.84 bits per heavy atom. The van der Waals surface area contributed by atoms with Gasteiger partial charge in [-0.05, 0) is 12.5 Å². The summed E-state index contributed by atoms with van der Waals surface area (Å²) in [6.07, 6.45) is 0.218. The highest BCUT2D eigenvalue weighted by atomic mass is 35.5. The zero-order valence-corrected chi connectivity index (χ0v) is 14.7. The number of likely N-dealkylation sites (tertiary alicyclic amines) is 1. The Morgan fingerprint density at radius 1 is 1.52 bits per heavy atom. The molecule has 1 saturated heterocycles. The first-order valence-electron chi connectivity index (χ1n) is 7.63. The smallest absolute Gasteiger partial charge is 0.317 e. The van der Waals surface area contributed by atoms with Crippen LogP contribution < -0.4 is 15.8 Å². The zero-order valence-electron chi connectivity index (χ0n) is 14.0. The van der Waals surface area contributed by atoms with Crippen LogP contribution in [0.4, 0.5) is 5.82 Å². The molecule has 2 rings (SSSR count). The van der Waals surface area contributed by atoms with E-state index >= 15 is 0 Å². The Morgan fingerprint density at radius 2 is 2.24 bits per heavy atom. The fourth-order valence-electron chi connectivity index (χ4n) is 2.77. The fraction of sp³-hybridized carbons (Fsp3) is 0.533. The number of nitrogens with two attached hydrogens (primary N) is 1. The van der Waals surface area contributed by atoms with Crippen LogP contribution in [-0.4, -0.2) is 72.9 Å². The van der Waals surface area contributed by atoms with Gasteiger partial charge >= 0.3 is 5.97 Å². The maximum atomic E-state index is 12.6. The van der Waals surface area contributed by atoms with Crippen LogP contribution >= 0.6 is 11.6 Å². The average Bonchev–Trinajstić information content (AvgIpc) is 2.57. The summed E-state index contributed by atoms with van der Waals surface area (Å²) in [5.41, 5.74) is 5.79. The number of amides is 1. The zero-order chi connectivity index (χ0) is 18.6. The molecule has 2 atom stereocenters. The van der Waals surface area contributed by atoms with E-state index in [1.165, 1.54) is 20.3 Å². The van der Waals surface area contributed by atoms with Crippen LogP contribution in [-0.2, 0) is 9.53 Å². The number of carbonyl (C=O) groups excluding carboxylic acids is 1. The molecule has 0 aliphatic carbocycles. The number of rotatable bonds is 6. The number of anilines is 1. The maximum absolute atomic E-state index is 12.6. The number of nitrogens with zero attached hydrogens (tertiary/aromatic N) is 2. The van der Waals surface area contributed by atoms with Gasteiger partial charge in [0.2, 0.25) is 5.88 Å². The number of nitrogen functional groups attached to an aromatic ring is 1. The van der Waals surface area contributed by atoms with Crippen molar-refractivity contribution in [3.63, 3.8) is 0 Å². The first kappa shape index (κ1) is 19.2. The van der Waals surface area contributed by atoms with Crippen molar-refractivity contribution in [2.75, 3.05) is 39.6 Å². The van der Waals surface area contributed by atoms with Crippen LogP contribution in [0.15, 0.2) is 6.07 Å². The highest BCUT2D eigenvalue weighted by Gasteiger charge is 2.32. The maximum Gasteiger partial charge on any atom is 0.317 e. The second kappa shape index (κ2) is 8.32. The van der Waals surface area contributed by atoms with Crippen molar-refractivity contribution < 1.29 is 24.2 Å². The van der Waals surface area contributed by atoms with Crippen LogP contribution in [0.2, 0.25) is 5.02 Å². The lowest BCUT2D eigenvalue weighted by Gasteiger charge is -2.37. The van der Waals surface area contributed by atoms with Gasteiger partial charge in [-0.2, -0.15) is 4.98 Å². The second-order valence-corrected chi connectivity index (χ2v) is 6.09. The largest absolute Gasteiger partial charge is 0.480 e. The molecule has 0 aromatic carbocycles. The molecule has 1 aromatic rings. The molecule has 10 heteroatoms. The summed E-state index contributed by atoms with van der Waals surface area (Å²) in [5, 5.41) is 11.9. The van der Waals surface area contributed by atoms with E-state index in [1.54, 1.807) is 4.90 Å². The minimum Gasteiger partial charge on any atom is -0.480 e. The third-order valence-corrected chi connectivity index (χ3v) is 4.33. The number of carboxylic acids is 1. The van der Waals surface area contributed by atoms with Crippen molar-refractivity contribution in [3.8, 4) is 5.88 Å². The number of hydrogen-bond acceptors (Lipinski definition) is 7. The number of carbonyl (C=O) groups is 2. The Labute approximate surface area is 150 Å². The lowest BCUT2D eigenvalue weighted by Crippen LogP contribution is -2.55. The summed E-state index contributed by atoms with van der Waals surface area (Å²) >= 11 is 5.94. The van der Waals surface area contributed by atoms with Crippen LogP contribution in [0.3, 0.4) is 0 Å². The number of methoxy groups -OCH3 is 2. The minimum absolute atomic E-state index is 0.0637. The van der Waals surface area contributed by atoms with Gasteiger partial charge in [0.25, 0.3) is 5.91 Å². The molecule has 0 spiro atoms. The lowest BCUT2D eigenvalue weighted by atomic mass is 10.0. The molecule has 1 aliphatic heterocycles. The predicted octanol–water partition coefficient (Wildman–Crippen LogP) is 0.230. The van der Waals surface area contributed by atoms with E-state index in [9.17, 15) is 9.59 Å². The molecule has 0 saturated carbocycles. The summed E-state index contributed by atoms with van der Waals surface area (Å²) in [6, 6.07) is 1.13. The SMILES string of the molecule is COc1nc(N)c(Cl)cc1C(=O)N[C@@H]1CCN(CC(=O)O)C[C@@H]1OC. The van der Waals surface area contributed by atoms with E-state index < -0.39 is 11.9 Å². The molecule has 0 unspecified atom stereocenters. The van der Waals surface area contributed by atoms with Crippen LogP contribution in [0.1, 0.15) is 16.8 Å². The summed E-state index contributed by atoms with van der Waals surface area (Å²) in [5.74, 6) is -1.15. The van der Waals surface area contributed by atoms with Crippen molar-refractivity contribution in [1.29, 1.82) is 0 Å². The van der Waals surface area contributed by atoms with Gasteiger partial charge < -0.3 is 25.6 Å². The molecule has 0 bridgehead atoms. The van der Waals surface area contributed by atoms with E-state index in [0.29, 0.717) is 19.5 Å². The summed E-state index contributed by atoms with van der Waals surface area (Å²) in [4.78, 5) is 29.1. The predicted molar refractivity (Wildman–Crippen MR) is 91.0 cm³/mol. The molecule has 4 N–H and O–H groups in total. The number of pyridine rings is 1. The van der Waals surface area contributed by atoms with Crippen LogP contribution in [0.25, 0.3) is 0 Å². The number of halogens is 1. The molecule has 1 aliphatic rings. The summed E-state index contributed by atoms with van der Waals surface area (Å²) < 4.78 is 10.5. The van der Waals surface area contributed by atoms with Gasteiger partial charge in [-0.25, -0.2) is 0 Å². The molecule has 138 valence electrons. The molecule has 1 amide bonds. The standard InChI is InChI=1S/C15H21ClN4O5/c1-24-11-6-20(7-12(21)22)4-3-10(11)18-14(23)8-5-9(16)13(17)19-15(8)25-2/h5,10-11H,3-4,6-7H2,1-2H3,(H2,17,19)(H,18,23)(H,21,22)/t10-,11+/m1/s1. The number of carboxylic acid groups (broad SMARTS) is 1. The van der Waals surface area contributed by atoms with Crippen molar-refractivity contribution in [3.05, 3.63) is 16.7 Å². The van der Waals surface area contributed by atoms with Gasteiger partial charge in [0.1, 0.15) is 11.4 Å². The summed E-state index contributed by atoms with van der Waals surface area (Å²) in [7, 11) is 2.91. The number of ether oxygens (including phenoxy) is 2. The van der Waals surface area contributed by atoms with E-state index in [-0.39, 0.29) is 41.0 Å². The van der Waals surface area contributed by atoms with Crippen molar-refractivity contribution in [2.24, 2.45) is 0 Å². The highest BCUT2D eigenvalue weighted by Crippen LogP contribution is 2.25. The van der Waals surface area contributed by atoms with E-state index in [4.69, 9.17) is 31.9 Å². The molecular formula is C15H21ClN4O5. The Balaban J connectivity index is 2.10.